The first-order valence-electron chi connectivity index (χ1n) is 10.0. The molecule has 0 spiro atoms. The zero-order valence-corrected chi connectivity index (χ0v) is 19.5. The van der Waals surface area contributed by atoms with E-state index < -0.39 is 0 Å². The number of hydrogen-bond donors (Lipinski definition) is 0. The summed E-state index contributed by atoms with van der Waals surface area (Å²) >= 11 is 2.40. The topological polar surface area (TPSA) is 13.1 Å². The molecule has 0 unspecified atom stereocenters. The summed E-state index contributed by atoms with van der Waals surface area (Å²) in [5.41, 5.74) is 9.75. The van der Waals surface area contributed by atoms with Gasteiger partial charge in [-0.1, -0.05) is 78.7 Å². The molecule has 0 amide bonds. The van der Waals surface area contributed by atoms with Gasteiger partial charge in [-0.2, -0.15) is 0 Å². The molecular formula is C27H25IO. The van der Waals surface area contributed by atoms with E-state index >= 15 is 0 Å². The van der Waals surface area contributed by atoms with Gasteiger partial charge in [0.2, 0.25) is 0 Å². The molecule has 0 aliphatic rings. The van der Waals surface area contributed by atoms with Gasteiger partial charge in [0.15, 0.2) is 0 Å². The first-order valence-corrected chi connectivity index (χ1v) is 11.1. The van der Waals surface area contributed by atoms with Crippen molar-refractivity contribution in [2.45, 2.75) is 34.1 Å². The van der Waals surface area contributed by atoms with Gasteiger partial charge in [0.1, 0.15) is 11.5 Å². The van der Waals surface area contributed by atoms with E-state index in [1.165, 1.54) is 37.0 Å². The molecule has 4 rings (SSSR count). The highest BCUT2D eigenvalue weighted by Gasteiger charge is 2.23. The molecule has 1 aromatic heterocycles. The van der Waals surface area contributed by atoms with Crippen LogP contribution >= 0.6 is 22.6 Å². The largest absolute Gasteiger partial charge is 0.455 e. The number of hydrogen-bond acceptors (Lipinski definition) is 1. The van der Waals surface area contributed by atoms with Gasteiger partial charge in [-0.05, 0) is 67.0 Å². The van der Waals surface area contributed by atoms with Crippen LogP contribution < -0.4 is 0 Å². The first kappa shape index (κ1) is 20.0. The smallest absolute Gasteiger partial charge is 0.142 e. The average molecular weight is 492 g/mol. The molecule has 2 heteroatoms. The lowest BCUT2D eigenvalue weighted by molar-refractivity contribution is 0.595. The highest BCUT2D eigenvalue weighted by Crippen LogP contribution is 2.44. The number of benzene rings is 3. The second-order valence-corrected chi connectivity index (χ2v) is 8.83. The van der Waals surface area contributed by atoms with Crippen LogP contribution in [0.5, 0.6) is 0 Å². The van der Waals surface area contributed by atoms with Gasteiger partial charge < -0.3 is 4.42 Å². The predicted molar refractivity (Wildman–Crippen MR) is 131 cm³/mol. The molecule has 0 radical (unpaired) electrons. The minimum Gasteiger partial charge on any atom is -0.455 e. The van der Waals surface area contributed by atoms with Gasteiger partial charge in [-0.15, -0.1) is 0 Å². The van der Waals surface area contributed by atoms with Gasteiger partial charge in [0.05, 0.1) is 0 Å². The fourth-order valence-corrected chi connectivity index (χ4v) is 4.22. The molecule has 0 saturated carbocycles. The second kappa shape index (κ2) is 8.19. The lowest BCUT2D eigenvalue weighted by atomic mass is 9.93. The van der Waals surface area contributed by atoms with E-state index in [2.05, 4.69) is 117 Å². The van der Waals surface area contributed by atoms with E-state index in [1.54, 1.807) is 0 Å². The Morgan fingerprint density at radius 3 is 1.79 bits per heavy atom. The zero-order valence-electron chi connectivity index (χ0n) is 17.3. The molecule has 0 saturated heterocycles. The van der Waals surface area contributed by atoms with Crippen LogP contribution in [0.3, 0.4) is 0 Å². The molecule has 0 N–H and O–H groups in total. The summed E-state index contributed by atoms with van der Waals surface area (Å²) in [4.78, 5) is 0. The summed E-state index contributed by atoms with van der Waals surface area (Å²) < 4.78 is 7.88. The van der Waals surface area contributed by atoms with Crippen molar-refractivity contribution in [1.82, 2.24) is 0 Å². The highest BCUT2D eigenvalue weighted by atomic mass is 127. The molecule has 3 aromatic carbocycles. The Morgan fingerprint density at radius 1 is 0.690 bits per heavy atom. The molecule has 29 heavy (non-hydrogen) atoms. The van der Waals surface area contributed by atoms with Crippen LogP contribution in [0.15, 0.2) is 71.1 Å². The Balaban J connectivity index is 2.00. The predicted octanol–water partition coefficient (Wildman–Crippen LogP) is 8.37. The van der Waals surface area contributed by atoms with Gasteiger partial charge >= 0.3 is 0 Å². The summed E-state index contributed by atoms with van der Waals surface area (Å²) in [6, 6.07) is 24.0. The van der Waals surface area contributed by atoms with Crippen LogP contribution in [0.2, 0.25) is 0 Å². The Bertz CT molecular complexity index is 1150. The van der Waals surface area contributed by atoms with Crippen molar-refractivity contribution in [1.29, 1.82) is 0 Å². The molecule has 0 fully saturated rings. The summed E-state index contributed by atoms with van der Waals surface area (Å²) in [6.45, 7) is 8.60. The van der Waals surface area contributed by atoms with Crippen molar-refractivity contribution in [3.05, 3.63) is 92.6 Å². The van der Waals surface area contributed by atoms with Crippen LogP contribution in [0.1, 0.15) is 29.2 Å². The Hall–Kier alpha value is -2.33. The maximum atomic E-state index is 6.62. The van der Waals surface area contributed by atoms with Crippen LogP contribution in [-0.2, 0) is 6.42 Å². The number of aryl methyl sites for hydroxylation is 3. The van der Waals surface area contributed by atoms with Crippen molar-refractivity contribution in [2.24, 2.45) is 0 Å². The van der Waals surface area contributed by atoms with Gasteiger partial charge in [0.25, 0.3) is 0 Å². The van der Waals surface area contributed by atoms with E-state index in [-0.39, 0.29) is 0 Å². The van der Waals surface area contributed by atoms with Crippen molar-refractivity contribution in [3.8, 4) is 33.8 Å². The first-order chi connectivity index (χ1) is 14.0. The Kier molecular flexibility index (Phi) is 5.64. The van der Waals surface area contributed by atoms with Crippen molar-refractivity contribution in [3.63, 3.8) is 0 Å². The minimum absolute atomic E-state index is 0.915. The number of rotatable bonds is 4. The van der Waals surface area contributed by atoms with E-state index in [1.807, 2.05) is 0 Å². The molecule has 0 aliphatic heterocycles. The zero-order chi connectivity index (χ0) is 20.5. The summed E-state index contributed by atoms with van der Waals surface area (Å²) in [6.07, 6.45) is 0.915. The molecule has 4 aromatic rings. The fourth-order valence-electron chi connectivity index (χ4n) is 3.70. The summed E-state index contributed by atoms with van der Waals surface area (Å²) in [5, 5.41) is 0. The summed E-state index contributed by atoms with van der Waals surface area (Å²) in [5.74, 6) is 1.94. The highest BCUT2D eigenvalue weighted by molar-refractivity contribution is 14.1. The lowest BCUT2D eigenvalue weighted by Gasteiger charge is -2.07. The standard InChI is InChI=1S/C27H25IO/c1-5-23-25(20-11-6-17(2)7-12-20)27(21-13-8-18(3)9-14-21)29-26(23)22-15-10-19(4)24(28)16-22/h6-16H,5H2,1-4H3. The molecule has 146 valence electrons. The van der Waals surface area contributed by atoms with Crippen LogP contribution in [-0.4, -0.2) is 0 Å². The van der Waals surface area contributed by atoms with E-state index in [4.69, 9.17) is 4.42 Å². The Morgan fingerprint density at radius 2 is 1.24 bits per heavy atom. The van der Waals surface area contributed by atoms with Crippen LogP contribution in [0.25, 0.3) is 33.8 Å². The van der Waals surface area contributed by atoms with E-state index in [9.17, 15) is 0 Å². The number of halogens is 1. The van der Waals surface area contributed by atoms with Crippen LogP contribution in [0, 0.1) is 24.3 Å². The van der Waals surface area contributed by atoms with Gasteiger partial charge in [-0.3, -0.25) is 0 Å². The third kappa shape index (κ3) is 3.91. The van der Waals surface area contributed by atoms with E-state index in [0.717, 1.165) is 29.1 Å². The van der Waals surface area contributed by atoms with Crippen LogP contribution in [0.4, 0.5) is 0 Å². The summed E-state index contributed by atoms with van der Waals surface area (Å²) in [7, 11) is 0. The molecular weight excluding hydrogens is 467 g/mol. The second-order valence-electron chi connectivity index (χ2n) is 7.66. The maximum absolute atomic E-state index is 6.62. The molecule has 0 atom stereocenters. The fraction of sp³-hybridized carbons (Fsp3) is 0.185. The molecule has 0 bridgehead atoms. The van der Waals surface area contributed by atoms with Gasteiger partial charge in [-0.25, -0.2) is 0 Å². The Labute approximate surface area is 186 Å². The molecule has 1 nitrogen and oxygen atoms in total. The third-order valence-corrected chi connectivity index (χ3v) is 6.61. The van der Waals surface area contributed by atoms with Crippen molar-refractivity contribution < 1.29 is 4.42 Å². The quantitative estimate of drug-likeness (QED) is 0.261. The SMILES string of the molecule is CCc1c(-c2ccc(C)c(I)c2)oc(-c2ccc(C)cc2)c1-c1ccc(C)cc1. The third-order valence-electron chi connectivity index (χ3n) is 5.45. The normalized spacial score (nSPS) is 11.1. The van der Waals surface area contributed by atoms with Crippen molar-refractivity contribution >= 4 is 22.6 Å². The lowest BCUT2D eigenvalue weighted by Crippen LogP contribution is -1.89. The molecule has 1 heterocycles. The number of furan rings is 1. The van der Waals surface area contributed by atoms with Gasteiger partial charge in [0, 0.05) is 25.8 Å². The van der Waals surface area contributed by atoms with E-state index in [0.29, 0.717) is 0 Å². The monoisotopic (exact) mass is 492 g/mol. The average Bonchev–Trinajstić information content (AvgIpc) is 3.11. The van der Waals surface area contributed by atoms with Crippen molar-refractivity contribution in [2.75, 3.05) is 0 Å². The maximum Gasteiger partial charge on any atom is 0.142 e. The minimum atomic E-state index is 0.915. The molecule has 0 aliphatic carbocycles.